The van der Waals surface area contributed by atoms with Gasteiger partial charge >= 0.3 is 0 Å². The van der Waals surface area contributed by atoms with Crippen LogP contribution in [0.2, 0.25) is 0 Å². The second kappa shape index (κ2) is 7.71. The molecule has 2 aromatic rings. The third-order valence-electron chi connectivity index (χ3n) is 3.56. The molecule has 2 aromatic carbocycles. The van der Waals surface area contributed by atoms with Crippen LogP contribution in [-0.4, -0.2) is 23.2 Å². The van der Waals surface area contributed by atoms with E-state index in [9.17, 15) is 14.3 Å². The number of carbonyl (C=O) groups is 1. The van der Waals surface area contributed by atoms with E-state index in [1.54, 1.807) is 25.1 Å². The maximum Gasteiger partial charge on any atom is 0.224 e. The van der Waals surface area contributed by atoms with Crippen LogP contribution in [-0.2, 0) is 17.6 Å². The van der Waals surface area contributed by atoms with Gasteiger partial charge in [0, 0.05) is 6.42 Å². The van der Waals surface area contributed by atoms with Gasteiger partial charge in [-0.2, -0.15) is 0 Å². The predicted molar refractivity (Wildman–Crippen MR) is 83.9 cm³/mol. The molecule has 0 aliphatic carbocycles. The molecule has 0 aromatic heterocycles. The minimum atomic E-state index is -0.688. The molecule has 4 heteroatoms. The van der Waals surface area contributed by atoms with Gasteiger partial charge in [-0.25, -0.2) is 4.39 Å². The number of benzene rings is 2. The largest absolute Gasteiger partial charge is 0.391 e. The summed E-state index contributed by atoms with van der Waals surface area (Å²) >= 11 is 0. The summed E-state index contributed by atoms with van der Waals surface area (Å²) in [6.07, 6.45) is -0.260. The Kier molecular flexibility index (Phi) is 5.67. The second-order valence-corrected chi connectivity index (χ2v) is 5.38. The lowest BCUT2D eigenvalue weighted by molar-refractivity contribution is -0.121. The Morgan fingerprint density at radius 3 is 2.45 bits per heavy atom. The van der Waals surface area contributed by atoms with Crippen molar-refractivity contribution in [2.75, 3.05) is 0 Å². The molecule has 2 rings (SSSR count). The van der Waals surface area contributed by atoms with Crippen LogP contribution >= 0.6 is 0 Å². The highest BCUT2D eigenvalue weighted by molar-refractivity contribution is 5.78. The van der Waals surface area contributed by atoms with Crippen molar-refractivity contribution in [3.05, 3.63) is 71.5 Å². The van der Waals surface area contributed by atoms with Crippen LogP contribution in [0.3, 0.4) is 0 Å². The Labute approximate surface area is 129 Å². The molecule has 0 aliphatic rings. The van der Waals surface area contributed by atoms with Crippen LogP contribution in [0, 0.1) is 5.82 Å². The molecule has 2 atom stereocenters. The van der Waals surface area contributed by atoms with E-state index in [-0.39, 0.29) is 12.3 Å². The third kappa shape index (κ3) is 4.67. The van der Waals surface area contributed by atoms with Crippen LogP contribution in [0.1, 0.15) is 18.1 Å². The number of hydrogen-bond donors (Lipinski definition) is 2. The van der Waals surface area contributed by atoms with Gasteiger partial charge in [-0.15, -0.1) is 0 Å². The molecule has 0 fully saturated rings. The molecule has 2 unspecified atom stereocenters. The van der Waals surface area contributed by atoms with Gasteiger partial charge in [-0.1, -0.05) is 48.5 Å². The number of carbonyl (C=O) groups excluding carboxylic acids is 1. The smallest absolute Gasteiger partial charge is 0.224 e. The number of halogens is 1. The van der Waals surface area contributed by atoms with Gasteiger partial charge in [0.2, 0.25) is 5.91 Å². The first kappa shape index (κ1) is 16.2. The zero-order valence-electron chi connectivity index (χ0n) is 12.5. The molecule has 0 spiro atoms. The molecule has 0 saturated carbocycles. The van der Waals surface area contributed by atoms with Crippen LogP contribution < -0.4 is 5.32 Å². The molecule has 1 amide bonds. The molecule has 22 heavy (non-hydrogen) atoms. The summed E-state index contributed by atoms with van der Waals surface area (Å²) in [4.78, 5) is 11.9. The van der Waals surface area contributed by atoms with Crippen LogP contribution in [0.25, 0.3) is 0 Å². The van der Waals surface area contributed by atoms with E-state index < -0.39 is 18.0 Å². The normalized spacial score (nSPS) is 13.4. The third-order valence-corrected chi connectivity index (χ3v) is 3.56. The molecule has 0 bridgehead atoms. The van der Waals surface area contributed by atoms with Gasteiger partial charge in [0.25, 0.3) is 0 Å². The van der Waals surface area contributed by atoms with Gasteiger partial charge in [0.1, 0.15) is 5.82 Å². The molecule has 3 nitrogen and oxygen atoms in total. The van der Waals surface area contributed by atoms with E-state index in [1.165, 1.54) is 6.07 Å². The first-order valence-corrected chi connectivity index (χ1v) is 7.31. The van der Waals surface area contributed by atoms with Crippen LogP contribution in [0.5, 0.6) is 0 Å². The van der Waals surface area contributed by atoms with Crippen molar-refractivity contribution in [1.29, 1.82) is 0 Å². The van der Waals surface area contributed by atoms with E-state index in [0.717, 1.165) is 5.56 Å². The molecule has 2 N–H and O–H groups in total. The molecule has 0 heterocycles. The van der Waals surface area contributed by atoms with Crippen LogP contribution in [0.15, 0.2) is 54.6 Å². The number of hydrogen-bond acceptors (Lipinski definition) is 2. The van der Waals surface area contributed by atoms with Gasteiger partial charge < -0.3 is 10.4 Å². The summed E-state index contributed by atoms with van der Waals surface area (Å²) < 4.78 is 13.5. The lowest BCUT2D eigenvalue weighted by Gasteiger charge is -2.20. The maximum absolute atomic E-state index is 13.5. The Morgan fingerprint density at radius 1 is 1.14 bits per heavy atom. The number of amides is 1. The first-order valence-electron chi connectivity index (χ1n) is 7.31. The lowest BCUT2D eigenvalue weighted by Crippen LogP contribution is -2.42. The fourth-order valence-electron chi connectivity index (χ4n) is 2.25. The van der Waals surface area contributed by atoms with E-state index in [0.29, 0.717) is 12.0 Å². The number of rotatable bonds is 6. The summed E-state index contributed by atoms with van der Waals surface area (Å²) in [5, 5.41) is 12.9. The standard InChI is InChI=1S/C18H20FNO2/c1-13(17(21)11-14-7-3-2-4-8-14)20-18(22)12-15-9-5-6-10-16(15)19/h2-10,13,17,21H,11-12H2,1H3,(H,20,22). The summed E-state index contributed by atoms with van der Waals surface area (Å²) in [6, 6.07) is 15.4. The minimum absolute atomic E-state index is 0.0327. The summed E-state index contributed by atoms with van der Waals surface area (Å²) in [5.41, 5.74) is 1.36. The van der Waals surface area contributed by atoms with Gasteiger partial charge in [-0.05, 0) is 24.1 Å². The second-order valence-electron chi connectivity index (χ2n) is 5.38. The van der Waals surface area contributed by atoms with Crippen molar-refractivity contribution in [1.82, 2.24) is 5.32 Å². The Bertz CT molecular complexity index is 615. The average molecular weight is 301 g/mol. The highest BCUT2D eigenvalue weighted by Gasteiger charge is 2.17. The van der Waals surface area contributed by atoms with Crippen molar-refractivity contribution < 1.29 is 14.3 Å². The van der Waals surface area contributed by atoms with Gasteiger partial charge in [0.15, 0.2) is 0 Å². The quantitative estimate of drug-likeness (QED) is 0.861. The highest BCUT2D eigenvalue weighted by atomic mass is 19.1. The fraction of sp³-hybridized carbons (Fsp3) is 0.278. The van der Waals surface area contributed by atoms with Crippen molar-refractivity contribution in [3.63, 3.8) is 0 Å². The summed E-state index contributed by atoms with van der Waals surface area (Å²) in [6.45, 7) is 1.74. The first-order chi connectivity index (χ1) is 10.6. The van der Waals surface area contributed by atoms with Crippen molar-refractivity contribution in [2.24, 2.45) is 0 Å². The summed E-state index contributed by atoms with van der Waals surface area (Å²) in [5.74, 6) is -0.695. The lowest BCUT2D eigenvalue weighted by atomic mass is 10.0. The van der Waals surface area contributed by atoms with Gasteiger partial charge in [0.05, 0.1) is 18.6 Å². The number of nitrogens with one attached hydrogen (secondary N) is 1. The Hall–Kier alpha value is -2.20. The van der Waals surface area contributed by atoms with E-state index in [4.69, 9.17) is 0 Å². The Morgan fingerprint density at radius 2 is 1.77 bits per heavy atom. The SMILES string of the molecule is CC(NC(=O)Cc1ccccc1F)C(O)Cc1ccccc1. The van der Waals surface area contributed by atoms with Gasteiger partial charge in [-0.3, -0.25) is 4.79 Å². The van der Waals surface area contributed by atoms with Crippen molar-refractivity contribution in [2.45, 2.75) is 31.9 Å². The predicted octanol–water partition coefficient (Wildman–Crippen LogP) is 2.48. The summed E-state index contributed by atoms with van der Waals surface area (Å²) in [7, 11) is 0. The van der Waals surface area contributed by atoms with E-state index in [2.05, 4.69) is 5.32 Å². The molecule has 116 valence electrons. The molecule has 0 saturated heterocycles. The zero-order chi connectivity index (χ0) is 15.9. The van der Waals surface area contributed by atoms with Crippen molar-refractivity contribution in [3.8, 4) is 0 Å². The maximum atomic E-state index is 13.5. The zero-order valence-corrected chi connectivity index (χ0v) is 12.5. The van der Waals surface area contributed by atoms with E-state index in [1.807, 2.05) is 30.3 Å². The Balaban J connectivity index is 1.87. The van der Waals surface area contributed by atoms with Crippen molar-refractivity contribution >= 4 is 5.91 Å². The molecular weight excluding hydrogens is 281 g/mol. The fourth-order valence-corrected chi connectivity index (χ4v) is 2.25. The average Bonchev–Trinajstić information content (AvgIpc) is 2.50. The van der Waals surface area contributed by atoms with Crippen LogP contribution in [0.4, 0.5) is 4.39 Å². The minimum Gasteiger partial charge on any atom is -0.391 e. The molecule has 0 radical (unpaired) electrons. The monoisotopic (exact) mass is 301 g/mol. The topological polar surface area (TPSA) is 49.3 Å². The van der Waals surface area contributed by atoms with E-state index >= 15 is 0 Å². The highest BCUT2D eigenvalue weighted by Crippen LogP contribution is 2.09. The number of aliphatic hydroxyl groups is 1. The molecule has 0 aliphatic heterocycles. The number of aliphatic hydroxyl groups excluding tert-OH is 1. The molecular formula is C18H20FNO2.